The molecule has 4 N–H and O–H groups in total. The van der Waals surface area contributed by atoms with Crippen LogP contribution in [0.25, 0.3) is 6.08 Å². The minimum absolute atomic E-state index is 0.0708. The number of amides is 2. The normalized spacial score (nSPS) is 26.7. The molecular formula is C45H56ClN9O7S. The van der Waals surface area contributed by atoms with Crippen molar-refractivity contribution < 1.29 is 33.0 Å². The van der Waals surface area contributed by atoms with Gasteiger partial charge in [0.25, 0.3) is 0 Å². The molecule has 0 bridgehead atoms. The predicted molar refractivity (Wildman–Crippen MR) is 241 cm³/mol. The molecule has 7 aliphatic rings. The van der Waals surface area contributed by atoms with Crippen molar-refractivity contribution in [2.45, 2.75) is 99.5 Å². The van der Waals surface area contributed by atoms with Gasteiger partial charge in [-0.15, -0.1) is 0 Å². The first-order valence-electron chi connectivity index (χ1n) is 22.3. The summed E-state index contributed by atoms with van der Waals surface area (Å²) in [6.45, 7) is 7.88. The van der Waals surface area contributed by atoms with Gasteiger partial charge in [0.05, 0.1) is 39.2 Å². The van der Waals surface area contributed by atoms with Crippen LogP contribution >= 0.6 is 11.6 Å². The van der Waals surface area contributed by atoms with Gasteiger partial charge in [0.2, 0.25) is 24.1 Å². The van der Waals surface area contributed by atoms with Crippen molar-refractivity contribution >= 4 is 73.8 Å². The van der Waals surface area contributed by atoms with Crippen LogP contribution in [0.5, 0.6) is 0 Å². The number of fused-ring (bicyclic) bond motifs is 2. The minimum Gasteiger partial charge on any atom is -0.379 e. The number of anilines is 6. The molecule has 3 aromatic rings. The van der Waals surface area contributed by atoms with Gasteiger partial charge in [0, 0.05) is 62.8 Å². The molecule has 7 heterocycles. The van der Waals surface area contributed by atoms with Crippen molar-refractivity contribution in [1.29, 1.82) is 0 Å². The number of halogens is 1. The van der Waals surface area contributed by atoms with E-state index in [1.807, 2.05) is 20.0 Å². The van der Waals surface area contributed by atoms with Gasteiger partial charge in [-0.05, 0) is 131 Å². The first-order chi connectivity index (χ1) is 30.3. The lowest BCUT2D eigenvalue weighted by Crippen LogP contribution is -2.56. The van der Waals surface area contributed by atoms with Crippen molar-refractivity contribution in [3.05, 3.63) is 58.8 Å². The zero-order chi connectivity index (χ0) is 43.8. The van der Waals surface area contributed by atoms with Crippen molar-refractivity contribution in [3.63, 3.8) is 0 Å². The third kappa shape index (κ3) is 7.81. The fourth-order valence-corrected chi connectivity index (χ4v) is 13.4. The maximum absolute atomic E-state index is 13.9. The zero-order valence-corrected chi connectivity index (χ0v) is 37.3. The lowest BCUT2D eigenvalue weighted by Gasteiger charge is -2.52. The lowest BCUT2D eigenvalue weighted by molar-refractivity contribution is -0.134. The van der Waals surface area contributed by atoms with Crippen molar-refractivity contribution in [3.8, 4) is 0 Å². The van der Waals surface area contributed by atoms with Gasteiger partial charge in [-0.2, -0.15) is 4.98 Å². The SMILES string of the molecule is Cc1cc(S(=O)(=O)C2CC3(CCN(CC4CCN(c5ccc6c(c5)N(C)C(O)N6C5CCC(=O)NC5=O)CC4)CC3)C2)ccc1Nc1ncc2c(n1)N(C1CCOC1)C(O)C(Cl)=C2. The largest absolute Gasteiger partial charge is 0.379 e. The predicted octanol–water partition coefficient (Wildman–Crippen LogP) is 4.31. The molecule has 1 spiro atoms. The van der Waals surface area contributed by atoms with Crippen molar-refractivity contribution in [2.24, 2.45) is 11.3 Å². The smallest absolute Gasteiger partial charge is 0.249 e. The Balaban J connectivity index is 0.703. The second-order valence-corrected chi connectivity index (χ2v) is 21.4. The third-order valence-electron chi connectivity index (χ3n) is 14.8. The Hall–Kier alpha value is -4.52. The van der Waals surface area contributed by atoms with Crippen molar-refractivity contribution in [1.82, 2.24) is 20.2 Å². The maximum atomic E-state index is 13.9. The fraction of sp³-hybridized carbons (Fsp3) is 0.556. The molecule has 1 aliphatic carbocycles. The van der Waals surface area contributed by atoms with E-state index in [0.717, 1.165) is 87.5 Å². The molecule has 6 aliphatic heterocycles. The number of nitrogens with zero attached hydrogens (tertiary/aromatic N) is 7. The van der Waals surface area contributed by atoms with E-state index in [9.17, 15) is 28.2 Å². The number of aliphatic hydroxyl groups excluding tert-OH is 2. The summed E-state index contributed by atoms with van der Waals surface area (Å²) in [5, 5.41) is 27.6. The van der Waals surface area contributed by atoms with E-state index < -0.39 is 28.5 Å². The summed E-state index contributed by atoms with van der Waals surface area (Å²) < 4.78 is 33.4. The molecule has 63 heavy (non-hydrogen) atoms. The Morgan fingerprint density at radius 3 is 2.48 bits per heavy atom. The van der Waals surface area contributed by atoms with Crippen LogP contribution in [-0.4, -0.2) is 128 Å². The highest BCUT2D eigenvalue weighted by Crippen LogP contribution is 2.53. The second-order valence-electron chi connectivity index (χ2n) is 18.7. The molecule has 5 fully saturated rings. The summed E-state index contributed by atoms with van der Waals surface area (Å²) in [5.74, 6) is 0.847. The van der Waals surface area contributed by atoms with E-state index in [0.29, 0.717) is 71.3 Å². The van der Waals surface area contributed by atoms with Crippen LogP contribution in [0, 0.1) is 18.3 Å². The number of imide groups is 1. The highest BCUT2D eigenvalue weighted by molar-refractivity contribution is 7.92. The number of carbonyl (C=O) groups excluding carboxylic acids is 2. The van der Waals surface area contributed by atoms with Gasteiger partial charge in [-0.25, -0.2) is 13.4 Å². The molecule has 1 aromatic heterocycles. The Bertz CT molecular complexity index is 2430. The number of aryl methyl sites for hydroxylation is 1. The summed E-state index contributed by atoms with van der Waals surface area (Å²) >= 11 is 6.37. The number of piperidine rings is 3. The Labute approximate surface area is 373 Å². The number of aromatic nitrogens is 2. The lowest BCUT2D eigenvalue weighted by atomic mass is 9.63. The first-order valence-corrected chi connectivity index (χ1v) is 24.2. The summed E-state index contributed by atoms with van der Waals surface area (Å²) in [6.07, 6.45) is 8.32. The number of hydrogen-bond donors (Lipinski definition) is 4. The molecule has 4 atom stereocenters. The standard InChI is InChI=1S/C45H56ClN9O7S/c1-27-19-32(4-5-35(27)48-43-47-24-29-20-34(46)42(58)54(40(29)50-43)31-11-18-62-26-31)63(60,61)33-22-45(23-33)12-16-52(17-13-45)25-28-9-14-53(15-10-28)30-3-6-36-38(21-30)51(2)44(59)55(36)37-7-8-39(56)49-41(37)57/h3-6,19-21,24,28,31,33,37,42,44,58-59H,7-18,22-23,25-26H2,1-2H3,(H,47,48,50)(H,49,56,57). The number of aliphatic hydroxyl groups is 2. The zero-order valence-electron chi connectivity index (χ0n) is 35.7. The number of carbonyl (C=O) groups is 2. The van der Waals surface area contributed by atoms with E-state index in [2.05, 4.69) is 37.6 Å². The Morgan fingerprint density at radius 2 is 1.76 bits per heavy atom. The van der Waals surface area contributed by atoms with Gasteiger partial charge < -0.3 is 44.8 Å². The molecular weight excluding hydrogens is 846 g/mol. The number of rotatable bonds is 9. The Morgan fingerprint density at radius 1 is 0.984 bits per heavy atom. The summed E-state index contributed by atoms with van der Waals surface area (Å²) in [5.41, 5.74) is 5.03. The molecule has 16 nitrogen and oxygen atoms in total. The van der Waals surface area contributed by atoms with Crippen LogP contribution in [-0.2, 0) is 24.2 Å². The monoisotopic (exact) mass is 901 g/mol. The topological polar surface area (TPSA) is 184 Å². The number of hydrogen-bond acceptors (Lipinski definition) is 15. The minimum atomic E-state index is -3.50. The van der Waals surface area contributed by atoms with E-state index in [4.69, 9.17) is 21.3 Å². The van der Waals surface area contributed by atoms with Crippen molar-refractivity contribution in [2.75, 3.05) is 77.9 Å². The van der Waals surface area contributed by atoms with Crippen LogP contribution in [0.2, 0.25) is 0 Å². The quantitative estimate of drug-likeness (QED) is 0.223. The highest BCUT2D eigenvalue weighted by atomic mass is 35.5. The Kier molecular flexibility index (Phi) is 11.1. The third-order valence-corrected chi connectivity index (χ3v) is 17.3. The van der Waals surface area contributed by atoms with Crippen LogP contribution in [0.15, 0.2) is 52.5 Å². The molecule has 336 valence electrons. The summed E-state index contributed by atoms with van der Waals surface area (Å²) in [7, 11) is -1.68. The average Bonchev–Trinajstić information content (AvgIpc) is 3.88. The van der Waals surface area contributed by atoms with E-state index in [1.165, 1.54) is 0 Å². The molecule has 18 heteroatoms. The average molecular weight is 903 g/mol. The number of nitrogens with one attached hydrogen (secondary N) is 2. The molecule has 4 saturated heterocycles. The van der Waals surface area contributed by atoms with Gasteiger partial charge in [-0.3, -0.25) is 14.9 Å². The first kappa shape index (κ1) is 42.4. The van der Waals surface area contributed by atoms with Crippen LogP contribution < -0.4 is 30.2 Å². The van der Waals surface area contributed by atoms with E-state index in [-0.39, 0.29) is 34.9 Å². The molecule has 1 saturated carbocycles. The number of likely N-dealkylation sites (tertiary alicyclic amines) is 1. The molecule has 0 radical (unpaired) electrons. The van der Waals surface area contributed by atoms with Gasteiger partial charge >= 0.3 is 0 Å². The molecule has 10 rings (SSSR count). The van der Waals surface area contributed by atoms with Crippen LogP contribution in [0.1, 0.15) is 68.9 Å². The summed E-state index contributed by atoms with van der Waals surface area (Å²) in [4.78, 5) is 44.3. The number of sulfone groups is 1. The molecule has 2 aromatic carbocycles. The van der Waals surface area contributed by atoms with E-state index in [1.54, 1.807) is 45.2 Å². The van der Waals surface area contributed by atoms with Gasteiger partial charge in [-0.1, -0.05) is 11.6 Å². The number of benzene rings is 2. The number of ether oxygens (including phenoxy) is 1. The van der Waals surface area contributed by atoms with Crippen LogP contribution in [0.3, 0.4) is 0 Å². The molecule has 4 unspecified atom stereocenters. The van der Waals surface area contributed by atoms with Gasteiger partial charge in [0.1, 0.15) is 11.9 Å². The highest BCUT2D eigenvalue weighted by Gasteiger charge is 2.51. The van der Waals surface area contributed by atoms with Crippen LogP contribution in [0.4, 0.5) is 34.5 Å². The van der Waals surface area contributed by atoms with E-state index >= 15 is 0 Å². The maximum Gasteiger partial charge on any atom is 0.249 e. The fourth-order valence-electron chi connectivity index (χ4n) is 11.0. The molecule has 2 amide bonds. The van der Waals surface area contributed by atoms with Gasteiger partial charge in [0.15, 0.2) is 16.1 Å². The second kappa shape index (κ2) is 16.5. The summed E-state index contributed by atoms with van der Waals surface area (Å²) in [6, 6.07) is 10.7.